The van der Waals surface area contributed by atoms with Crippen LogP contribution in [-0.4, -0.2) is 59.3 Å². The van der Waals surface area contributed by atoms with Crippen molar-refractivity contribution >= 4 is 29.7 Å². The molecule has 0 atom stereocenters. The summed E-state index contributed by atoms with van der Waals surface area (Å²) in [5.41, 5.74) is 2.77. The average Bonchev–Trinajstić information content (AvgIpc) is 3.20. The lowest BCUT2D eigenvalue weighted by molar-refractivity contribution is -0.123. The number of amides is 3. The summed E-state index contributed by atoms with van der Waals surface area (Å²) in [5.74, 6) is 0.963. The maximum absolute atomic E-state index is 13.0. The van der Waals surface area contributed by atoms with Gasteiger partial charge in [-0.05, 0) is 36.2 Å². The zero-order valence-electron chi connectivity index (χ0n) is 18.1. The van der Waals surface area contributed by atoms with E-state index in [2.05, 4.69) is 10.3 Å². The third-order valence-corrected chi connectivity index (χ3v) is 5.48. The number of benzene rings is 1. The van der Waals surface area contributed by atoms with E-state index in [1.165, 1.54) is 4.90 Å². The molecule has 4 rings (SSSR count). The van der Waals surface area contributed by atoms with E-state index in [4.69, 9.17) is 4.74 Å². The van der Waals surface area contributed by atoms with Gasteiger partial charge >= 0.3 is 0 Å². The number of aryl methyl sites for hydroxylation is 1. The Hall–Kier alpha value is -3.88. The van der Waals surface area contributed by atoms with Gasteiger partial charge in [-0.15, -0.1) is 0 Å². The number of nitrogens with zero attached hydrogens (tertiary/aromatic N) is 4. The Balaban J connectivity index is 1.69. The van der Waals surface area contributed by atoms with Crippen LogP contribution in [0.15, 0.2) is 42.6 Å². The van der Waals surface area contributed by atoms with Crippen molar-refractivity contribution < 1.29 is 19.1 Å². The number of pyridine rings is 1. The number of hydrogen-bond acceptors (Lipinski definition) is 5. The number of carbonyl (C=O) groups excluding carboxylic acids is 3. The monoisotopic (exact) mass is 435 g/mol. The molecule has 32 heavy (non-hydrogen) atoms. The molecule has 1 N–H and O–H groups in total. The zero-order valence-corrected chi connectivity index (χ0v) is 18.1. The largest absolute Gasteiger partial charge is 0.497 e. The molecular formula is C23H25N5O4. The predicted octanol–water partition coefficient (Wildman–Crippen LogP) is 1.64. The summed E-state index contributed by atoms with van der Waals surface area (Å²) in [7, 11) is 1.61. The number of carbonyl (C=O) groups is 3. The number of aromatic nitrogens is 2. The first-order valence-electron chi connectivity index (χ1n) is 10.5. The van der Waals surface area contributed by atoms with Gasteiger partial charge in [0.05, 0.1) is 31.5 Å². The van der Waals surface area contributed by atoms with Gasteiger partial charge in [0.1, 0.15) is 17.2 Å². The smallest absolute Gasteiger partial charge is 0.255 e. The van der Waals surface area contributed by atoms with Crippen molar-refractivity contribution in [2.24, 2.45) is 0 Å². The third-order valence-electron chi connectivity index (χ3n) is 5.48. The normalized spacial score (nSPS) is 13.7. The molecule has 0 saturated carbocycles. The van der Waals surface area contributed by atoms with Crippen LogP contribution in [0, 0.1) is 0 Å². The van der Waals surface area contributed by atoms with Crippen LogP contribution in [0.4, 0.5) is 5.82 Å². The second kappa shape index (κ2) is 9.09. The van der Waals surface area contributed by atoms with Gasteiger partial charge in [0.25, 0.3) is 5.91 Å². The van der Waals surface area contributed by atoms with Gasteiger partial charge in [-0.2, -0.15) is 0 Å². The van der Waals surface area contributed by atoms with E-state index in [1.807, 2.05) is 31.2 Å². The average molecular weight is 435 g/mol. The van der Waals surface area contributed by atoms with Crippen LogP contribution in [0.3, 0.4) is 0 Å². The molecule has 1 aliphatic heterocycles. The molecule has 0 unspecified atom stereocenters. The summed E-state index contributed by atoms with van der Waals surface area (Å²) in [5, 5.41) is 2.72. The molecule has 0 spiro atoms. The van der Waals surface area contributed by atoms with E-state index in [-0.39, 0.29) is 18.4 Å². The number of piperazine rings is 1. The van der Waals surface area contributed by atoms with Crippen LogP contribution < -0.4 is 15.0 Å². The van der Waals surface area contributed by atoms with Crippen LogP contribution in [0.1, 0.15) is 28.5 Å². The molecule has 1 aliphatic rings. The highest BCUT2D eigenvalue weighted by molar-refractivity contribution is 5.97. The van der Waals surface area contributed by atoms with Crippen LogP contribution in [0.25, 0.3) is 5.65 Å². The van der Waals surface area contributed by atoms with Gasteiger partial charge in [0.2, 0.25) is 12.3 Å². The molecule has 1 fully saturated rings. The predicted molar refractivity (Wildman–Crippen MR) is 119 cm³/mol. The van der Waals surface area contributed by atoms with Gasteiger partial charge in [0.15, 0.2) is 0 Å². The Labute approximate surface area is 185 Å². The first-order chi connectivity index (χ1) is 15.5. The van der Waals surface area contributed by atoms with E-state index >= 15 is 0 Å². The lowest BCUT2D eigenvalue weighted by Gasteiger charge is -2.26. The molecule has 9 nitrogen and oxygen atoms in total. The summed E-state index contributed by atoms with van der Waals surface area (Å²) in [4.78, 5) is 44.5. The quantitative estimate of drug-likeness (QED) is 0.569. The molecule has 1 saturated heterocycles. The minimum absolute atomic E-state index is 0.0335. The van der Waals surface area contributed by atoms with Crippen LogP contribution in [0.2, 0.25) is 0 Å². The first-order valence-corrected chi connectivity index (χ1v) is 10.5. The zero-order chi connectivity index (χ0) is 22.7. The van der Waals surface area contributed by atoms with Crippen molar-refractivity contribution in [3.05, 3.63) is 59.4 Å². The molecule has 0 bridgehead atoms. The number of methoxy groups -OCH3 is 1. The van der Waals surface area contributed by atoms with Crippen LogP contribution in [-0.2, 0) is 22.6 Å². The topological polar surface area (TPSA) is 96.3 Å². The molecule has 9 heteroatoms. The molecule has 166 valence electrons. The first kappa shape index (κ1) is 21.4. The molecule has 0 aliphatic carbocycles. The van der Waals surface area contributed by atoms with Crippen molar-refractivity contribution in [1.29, 1.82) is 0 Å². The fraction of sp³-hybridized carbons (Fsp3) is 0.304. The van der Waals surface area contributed by atoms with Crippen LogP contribution >= 0.6 is 0 Å². The molecule has 0 radical (unpaired) electrons. The number of imidazole rings is 1. The Morgan fingerprint density at radius 2 is 2.03 bits per heavy atom. The van der Waals surface area contributed by atoms with Crippen molar-refractivity contribution in [3.8, 4) is 5.75 Å². The highest BCUT2D eigenvalue weighted by atomic mass is 16.5. The number of nitrogens with one attached hydrogen (secondary N) is 1. The molecule has 3 aromatic rings. The summed E-state index contributed by atoms with van der Waals surface area (Å²) in [6.45, 7) is 3.24. The number of hydrogen-bond donors (Lipinski definition) is 1. The van der Waals surface area contributed by atoms with E-state index in [0.29, 0.717) is 43.1 Å². The van der Waals surface area contributed by atoms with E-state index < -0.39 is 0 Å². The molecular weight excluding hydrogens is 410 g/mol. The lowest BCUT2D eigenvalue weighted by atomic mass is 10.2. The van der Waals surface area contributed by atoms with Crippen molar-refractivity contribution in [3.63, 3.8) is 0 Å². The maximum Gasteiger partial charge on any atom is 0.255 e. The Bertz CT molecular complexity index is 1160. The second-order valence-electron chi connectivity index (χ2n) is 7.54. The van der Waals surface area contributed by atoms with E-state index in [0.717, 1.165) is 23.4 Å². The second-order valence-corrected chi connectivity index (χ2v) is 7.54. The number of fused-ring (bicyclic) bond motifs is 1. The van der Waals surface area contributed by atoms with Crippen molar-refractivity contribution in [1.82, 2.24) is 19.6 Å². The standard InChI is InChI=1S/C23H25N5O4/c1-3-19-22(27(15-29)12-16-4-7-18(32-2)8-5-16)28-13-17(6-9-20(28)25-19)23(31)26-11-10-24-21(30)14-26/h4-9,13,15H,3,10-12,14H2,1-2H3,(H,24,30). The highest BCUT2D eigenvalue weighted by Crippen LogP contribution is 2.25. The molecule has 3 amide bonds. The number of ether oxygens (including phenoxy) is 1. The van der Waals surface area contributed by atoms with Crippen LogP contribution in [0.5, 0.6) is 5.75 Å². The maximum atomic E-state index is 13.0. The van der Waals surface area contributed by atoms with Crippen molar-refractivity contribution in [2.45, 2.75) is 19.9 Å². The SMILES string of the molecule is CCc1nc2ccc(C(=O)N3CCNC(=O)C3)cn2c1N(C=O)Cc1ccc(OC)cc1. The Morgan fingerprint density at radius 3 is 2.69 bits per heavy atom. The fourth-order valence-electron chi connectivity index (χ4n) is 3.83. The Kier molecular flexibility index (Phi) is 6.07. The van der Waals surface area contributed by atoms with Crippen molar-refractivity contribution in [2.75, 3.05) is 31.6 Å². The molecule has 2 aromatic heterocycles. The third kappa shape index (κ3) is 4.14. The minimum atomic E-state index is -0.229. The highest BCUT2D eigenvalue weighted by Gasteiger charge is 2.24. The number of rotatable bonds is 7. The van der Waals surface area contributed by atoms with Gasteiger partial charge in [-0.1, -0.05) is 19.1 Å². The van der Waals surface area contributed by atoms with E-state index in [1.54, 1.807) is 34.7 Å². The Morgan fingerprint density at radius 1 is 1.25 bits per heavy atom. The summed E-state index contributed by atoms with van der Waals surface area (Å²) < 4.78 is 6.97. The summed E-state index contributed by atoms with van der Waals surface area (Å²) >= 11 is 0. The molecule has 3 heterocycles. The fourth-order valence-corrected chi connectivity index (χ4v) is 3.83. The van der Waals surface area contributed by atoms with Gasteiger partial charge in [0, 0.05) is 19.3 Å². The molecule has 1 aromatic carbocycles. The number of anilines is 1. The minimum Gasteiger partial charge on any atom is -0.497 e. The van der Waals surface area contributed by atoms with Gasteiger partial charge in [-0.25, -0.2) is 4.98 Å². The van der Waals surface area contributed by atoms with Gasteiger partial charge in [-0.3, -0.25) is 23.7 Å². The summed E-state index contributed by atoms with van der Waals surface area (Å²) in [6.07, 6.45) is 3.09. The summed E-state index contributed by atoms with van der Waals surface area (Å²) in [6, 6.07) is 11.0. The van der Waals surface area contributed by atoms with E-state index in [9.17, 15) is 14.4 Å². The van der Waals surface area contributed by atoms with Gasteiger partial charge < -0.3 is 15.0 Å². The lowest BCUT2D eigenvalue weighted by Crippen LogP contribution is -2.50.